The highest BCUT2D eigenvalue weighted by atomic mass is 16.2. The molecule has 1 fully saturated rings. The molecule has 4 rings (SSSR count). The van der Waals surface area contributed by atoms with Crippen molar-refractivity contribution in [1.82, 2.24) is 9.47 Å². The summed E-state index contributed by atoms with van der Waals surface area (Å²) < 4.78 is 2.10. The number of rotatable bonds is 1. The number of para-hydroxylation sites is 1. The Kier molecular flexibility index (Phi) is 3.25. The molecule has 2 aliphatic rings. The summed E-state index contributed by atoms with van der Waals surface area (Å²) in [6.45, 7) is 2.43. The molecule has 1 aromatic carbocycles. The molecule has 4 heteroatoms. The lowest BCUT2D eigenvalue weighted by molar-refractivity contribution is 0.0722. The molecule has 0 radical (unpaired) electrons. The van der Waals surface area contributed by atoms with Crippen LogP contribution in [0.5, 0.6) is 0 Å². The molecule has 114 valence electrons. The number of hydrogen-bond donors (Lipinski definition) is 0. The van der Waals surface area contributed by atoms with Crippen LogP contribution < -0.4 is 5.43 Å². The second kappa shape index (κ2) is 5.27. The van der Waals surface area contributed by atoms with E-state index in [1.165, 1.54) is 12.0 Å². The average molecular weight is 296 g/mol. The molecule has 0 N–H and O–H groups in total. The van der Waals surface area contributed by atoms with E-state index in [1.54, 1.807) is 6.20 Å². The van der Waals surface area contributed by atoms with E-state index in [0.29, 0.717) is 10.9 Å². The Labute approximate surface area is 129 Å². The van der Waals surface area contributed by atoms with E-state index in [2.05, 4.69) is 10.6 Å². The molecule has 1 aromatic heterocycles. The minimum Gasteiger partial charge on any atom is -0.346 e. The average Bonchev–Trinajstić information content (AvgIpc) is 2.58. The molecule has 3 heterocycles. The van der Waals surface area contributed by atoms with E-state index in [4.69, 9.17) is 0 Å². The standard InChI is InChI=1S/C18H20N2O2/c21-17-14-8-4-6-13-7-5-11-20(16(13)14)12-15(17)18(22)19-9-2-1-3-10-19/h4,6,8,12H,1-3,5,7,9-11H2. The fourth-order valence-electron chi connectivity index (χ4n) is 3.78. The van der Waals surface area contributed by atoms with Gasteiger partial charge in [-0.3, -0.25) is 9.59 Å². The highest BCUT2D eigenvalue weighted by Gasteiger charge is 2.24. The number of hydrogen-bond acceptors (Lipinski definition) is 2. The minimum absolute atomic E-state index is 0.0914. The fourth-order valence-corrected chi connectivity index (χ4v) is 3.78. The summed E-state index contributed by atoms with van der Waals surface area (Å²) in [6, 6.07) is 5.88. The number of pyridine rings is 1. The van der Waals surface area contributed by atoms with Crippen LogP contribution in [0.2, 0.25) is 0 Å². The summed E-state index contributed by atoms with van der Waals surface area (Å²) in [5.74, 6) is -0.0914. The van der Waals surface area contributed by atoms with Crippen molar-refractivity contribution in [2.24, 2.45) is 0 Å². The molecule has 2 aromatic rings. The van der Waals surface area contributed by atoms with Crippen LogP contribution in [0.1, 0.15) is 41.6 Å². The number of carbonyl (C=O) groups is 1. The van der Waals surface area contributed by atoms with Gasteiger partial charge >= 0.3 is 0 Å². The van der Waals surface area contributed by atoms with Gasteiger partial charge in [-0.05, 0) is 43.7 Å². The van der Waals surface area contributed by atoms with Gasteiger partial charge in [0, 0.05) is 31.2 Å². The van der Waals surface area contributed by atoms with E-state index in [-0.39, 0.29) is 11.3 Å². The fraction of sp³-hybridized carbons (Fsp3) is 0.444. The molecule has 0 atom stereocenters. The summed E-state index contributed by atoms with van der Waals surface area (Å²) in [4.78, 5) is 27.4. The van der Waals surface area contributed by atoms with Gasteiger partial charge < -0.3 is 9.47 Å². The lowest BCUT2D eigenvalue weighted by atomic mass is 9.99. The molecule has 2 aliphatic heterocycles. The van der Waals surface area contributed by atoms with E-state index >= 15 is 0 Å². The van der Waals surface area contributed by atoms with Crippen molar-refractivity contribution in [2.75, 3.05) is 13.1 Å². The van der Waals surface area contributed by atoms with E-state index in [9.17, 15) is 9.59 Å². The third-order valence-electron chi connectivity index (χ3n) is 4.90. The van der Waals surface area contributed by atoms with Gasteiger partial charge in [0.2, 0.25) is 5.43 Å². The van der Waals surface area contributed by atoms with Crippen molar-refractivity contribution < 1.29 is 4.79 Å². The van der Waals surface area contributed by atoms with Crippen LogP contribution in [0.4, 0.5) is 0 Å². The molecule has 1 amide bonds. The van der Waals surface area contributed by atoms with Gasteiger partial charge in [0.05, 0.1) is 5.52 Å². The highest BCUT2D eigenvalue weighted by molar-refractivity contribution is 5.98. The van der Waals surface area contributed by atoms with Crippen LogP contribution in [0.3, 0.4) is 0 Å². The summed E-state index contributed by atoms with van der Waals surface area (Å²) in [5.41, 5.74) is 2.48. The summed E-state index contributed by atoms with van der Waals surface area (Å²) >= 11 is 0. The van der Waals surface area contributed by atoms with Crippen LogP contribution in [-0.4, -0.2) is 28.5 Å². The molecule has 0 bridgehead atoms. The maximum Gasteiger partial charge on any atom is 0.259 e. The monoisotopic (exact) mass is 296 g/mol. The van der Waals surface area contributed by atoms with Gasteiger partial charge in [0.25, 0.3) is 5.91 Å². The zero-order valence-electron chi connectivity index (χ0n) is 12.7. The molecular weight excluding hydrogens is 276 g/mol. The zero-order valence-corrected chi connectivity index (χ0v) is 12.7. The van der Waals surface area contributed by atoms with Crippen molar-refractivity contribution in [3.05, 3.63) is 45.7 Å². The first kappa shape index (κ1) is 13.6. The summed E-state index contributed by atoms with van der Waals surface area (Å²) in [5, 5.41) is 0.694. The van der Waals surface area contributed by atoms with Crippen molar-refractivity contribution in [1.29, 1.82) is 0 Å². The number of benzene rings is 1. The van der Waals surface area contributed by atoms with Gasteiger partial charge in [-0.15, -0.1) is 0 Å². The van der Waals surface area contributed by atoms with Crippen LogP contribution in [0.15, 0.2) is 29.2 Å². The first-order valence-corrected chi connectivity index (χ1v) is 8.20. The Morgan fingerprint density at radius 2 is 1.82 bits per heavy atom. The van der Waals surface area contributed by atoms with E-state index in [0.717, 1.165) is 50.8 Å². The Bertz CT molecular complexity index is 801. The number of piperidine rings is 1. The quantitative estimate of drug-likeness (QED) is 0.811. The second-order valence-corrected chi connectivity index (χ2v) is 6.34. The zero-order chi connectivity index (χ0) is 15.1. The Balaban J connectivity index is 1.87. The predicted octanol–water partition coefficient (Wildman–Crippen LogP) is 2.57. The van der Waals surface area contributed by atoms with Crippen LogP contribution in [0, 0.1) is 0 Å². The van der Waals surface area contributed by atoms with Crippen LogP contribution in [0.25, 0.3) is 10.9 Å². The van der Waals surface area contributed by atoms with Crippen molar-refractivity contribution >= 4 is 16.8 Å². The molecule has 1 saturated heterocycles. The molecule has 0 saturated carbocycles. The van der Waals surface area contributed by atoms with Gasteiger partial charge in [-0.1, -0.05) is 12.1 Å². The van der Waals surface area contributed by atoms with Gasteiger partial charge in [-0.2, -0.15) is 0 Å². The lowest BCUT2D eigenvalue weighted by Crippen LogP contribution is -2.38. The first-order chi connectivity index (χ1) is 10.8. The smallest absolute Gasteiger partial charge is 0.259 e. The number of aromatic nitrogens is 1. The molecule has 0 spiro atoms. The minimum atomic E-state index is -0.106. The molecule has 22 heavy (non-hydrogen) atoms. The summed E-state index contributed by atoms with van der Waals surface area (Å²) in [7, 11) is 0. The maximum atomic E-state index is 12.8. The number of aryl methyl sites for hydroxylation is 2. The van der Waals surface area contributed by atoms with Crippen molar-refractivity contribution in [2.45, 2.75) is 38.6 Å². The molecule has 4 nitrogen and oxygen atoms in total. The van der Waals surface area contributed by atoms with E-state index in [1.807, 2.05) is 17.0 Å². The van der Waals surface area contributed by atoms with Gasteiger partial charge in [0.1, 0.15) is 5.56 Å². The molecule has 0 aliphatic carbocycles. The third-order valence-corrected chi connectivity index (χ3v) is 4.90. The Hall–Kier alpha value is -2.10. The number of amides is 1. The number of carbonyl (C=O) groups excluding carboxylic acids is 1. The second-order valence-electron chi connectivity index (χ2n) is 6.34. The lowest BCUT2D eigenvalue weighted by Gasteiger charge is -2.27. The van der Waals surface area contributed by atoms with E-state index < -0.39 is 0 Å². The largest absolute Gasteiger partial charge is 0.346 e. The van der Waals surface area contributed by atoms with Crippen molar-refractivity contribution in [3.63, 3.8) is 0 Å². The Morgan fingerprint density at radius 3 is 2.64 bits per heavy atom. The van der Waals surface area contributed by atoms with Gasteiger partial charge in [0.15, 0.2) is 0 Å². The molecule has 0 unspecified atom stereocenters. The Morgan fingerprint density at radius 1 is 1.00 bits per heavy atom. The van der Waals surface area contributed by atoms with Crippen LogP contribution in [-0.2, 0) is 13.0 Å². The topological polar surface area (TPSA) is 42.3 Å². The predicted molar refractivity (Wildman–Crippen MR) is 86.3 cm³/mol. The van der Waals surface area contributed by atoms with Crippen LogP contribution >= 0.6 is 0 Å². The SMILES string of the molecule is O=C(c1cn2c3c(cccc3c1=O)CCC2)N1CCCCC1. The summed E-state index contributed by atoms with van der Waals surface area (Å²) in [6.07, 6.45) is 7.12. The number of likely N-dealkylation sites (tertiary alicyclic amines) is 1. The third kappa shape index (κ3) is 2.05. The maximum absolute atomic E-state index is 12.8. The van der Waals surface area contributed by atoms with Gasteiger partial charge in [-0.25, -0.2) is 0 Å². The molecular formula is C18H20N2O2. The number of nitrogens with zero attached hydrogens (tertiary/aromatic N) is 2. The van der Waals surface area contributed by atoms with Crippen molar-refractivity contribution in [3.8, 4) is 0 Å². The first-order valence-electron chi connectivity index (χ1n) is 8.20. The highest BCUT2D eigenvalue weighted by Crippen LogP contribution is 2.24. The normalized spacial score (nSPS) is 17.7.